The molecule has 0 amide bonds. The van der Waals surface area contributed by atoms with Gasteiger partial charge in [-0.3, -0.25) is 4.79 Å². The van der Waals surface area contributed by atoms with Crippen molar-refractivity contribution >= 4 is 5.97 Å². The lowest BCUT2D eigenvalue weighted by Gasteiger charge is -2.20. The van der Waals surface area contributed by atoms with Crippen molar-refractivity contribution in [3.8, 4) is 0 Å². The van der Waals surface area contributed by atoms with Gasteiger partial charge in [0.1, 0.15) is 6.10 Å². The van der Waals surface area contributed by atoms with E-state index in [0.717, 1.165) is 25.7 Å². The fourth-order valence-electron chi connectivity index (χ4n) is 2.11. The molecule has 1 aliphatic rings. The molecule has 23 heavy (non-hydrogen) atoms. The minimum absolute atomic E-state index is 0.249. The Labute approximate surface area is 139 Å². The van der Waals surface area contributed by atoms with Crippen LogP contribution >= 0.6 is 0 Å². The zero-order chi connectivity index (χ0) is 16.8. The number of cyclic esters (lactones) is 1. The molecule has 2 atom stereocenters. The first kappa shape index (κ1) is 19.2. The quantitative estimate of drug-likeness (QED) is 0.448. The Morgan fingerprint density at radius 1 is 1.17 bits per heavy atom. The minimum Gasteiger partial charge on any atom is -0.455 e. The highest BCUT2D eigenvalue weighted by Crippen LogP contribution is 2.12. The zero-order valence-electron chi connectivity index (χ0n) is 13.9. The third-order valence-corrected chi connectivity index (χ3v) is 3.39. The summed E-state index contributed by atoms with van der Waals surface area (Å²) in [5, 5.41) is 10.1. The average molecular weight is 316 g/mol. The maximum absolute atomic E-state index is 11.7. The molecule has 0 saturated heterocycles. The topological polar surface area (TPSA) is 46.5 Å². The predicted molar refractivity (Wildman–Crippen MR) is 95.0 cm³/mol. The first-order chi connectivity index (χ1) is 11.2. The normalized spacial score (nSPS) is 25.6. The lowest BCUT2D eigenvalue weighted by atomic mass is 10.1. The molecule has 1 heterocycles. The summed E-state index contributed by atoms with van der Waals surface area (Å²) in [6.07, 6.45) is 22.8. The number of hydrogen-bond donors (Lipinski definition) is 1. The molecule has 0 saturated carbocycles. The first-order valence-corrected chi connectivity index (χ1v) is 8.41. The molecule has 1 rings (SSSR count). The lowest BCUT2D eigenvalue weighted by molar-refractivity contribution is -0.151. The van der Waals surface area contributed by atoms with Crippen LogP contribution in [0.15, 0.2) is 60.8 Å². The van der Waals surface area contributed by atoms with Crippen LogP contribution in [0.4, 0.5) is 0 Å². The Kier molecular flexibility index (Phi) is 10.5. The van der Waals surface area contributed by atoms with Gasteiger partial charge in [-0.2, -0.15) is 0 Å². The molecule has 0 radical (unpaired) electrons. The Morgan fingerprint density at radius 2 is 2.00 bits per heavy atom. The van der Waals surface area contributed by atoms with E-state index in [1.807, 2.05) is 36.5 Å². The van der Waals surface area contributed by atoms with Crippen molar-refractivity contribution in [2.24, 2.45) is 0 Å². The van der Waals surface area contributed by atoms with Crippen LogP contribution in [0.5, 0.6) is 0 Å². The van der Waals surface area contributed by atoms with E-state index >= 15 is 0 Å². The van der Waals surface area contributed by atoms with Crippen LogP contribution in [-0.2, 0) is 9.53 Å². The summed E-state index contributed by atoms with van der Waals surface area (Å²) in [4.78, 5) is 11.7. The molecule has 3 nitrogen and oxygen atoms in total. The van der Waals surface area contributed by atoms with Gasteiger partial charge in [0.05, 0.1) is 6.10 Å². The van der Waals surface area contributed by atoms with E-state index in [4.69, 9.17) is 4.74 Å². The number of allylic oxidation sites excluding steroid dienone is 8. The third-order valence-electron chi connectivity index (χ3n) is 3.39. The van der Waals surface area contributed by atoms with Gasteiger partial charge < -0.3 is 9.84 Å². The van der Waals surface area contributed by atoms with Crippen LogP contribution in [0, 0.1) is 0 Å². The van der Waals surface area contributed by atoms with Crippen molar-refractivity contribution in [2.45, 2.75) is 57.7 Å². The van der Waals surface area contributed by atoms with Crippen LogP contribution in [0.3, 0.4) is 0 Å². The van der Waals surface area contributed by atoms with Gasteiger partial charge in [0, 0.05) is 6.42 Å². The Morgan fingerprint density at radius 3 is 2.83 bits per heavy atom. The molecule has 0 aromatic heterocycles. The Bertz CT molecular complexity index is 469. The summed E-state index contributed by atoms with van der Waals surface area (Å²) in [7, 11) is 0. The maximum atomic E-state index is 11.7. The molecule has 0 aromatic carbocycles. The van der Waals surface area contributed by atoms with E-state index in [1.165, 1.54) is 0 Å². The van der Waals surface area contributed by atoms with Gasteiger partial charge in [0.2, 0.25) is 0 Å². The van der Waals surface area contributed by atoms with E-state index in [1.54, 1.807) is 6.08 Å². The van der Waals surface area contributed by atoms with E-state index in [2.05, 4.69) is 25.2 Å². The first-order valence-electron chi connectivity index (χ1n) is 8.41. The fourth-order valence-corrected chi connectivity index (χ4v) is 2.11. The van der Waals surface area contributed by atoms with Gasteiger partial charge in [-0.05, 0) is 38.2 Å². The molecule has 126 valence electrons. The van der Waals surface area contributed by atoms with Gasteiger partial charge in [-0.25, -0.2) is 0 Å². The van der Waals surface area contributed by atoms with Crippen molar-refractivity contribution in [3.05, 3.63) is 60.8 Å². The summed E-state index contributed by atoms with van der Waals surface area (Å²) in [6, 6.07) is 0. The SMILES string of the molecule is CC/C=C\C\C=C/C=C/C=C\[C@H]1OC(=O)CCC/C=C\C[C@@H]1O. The largest absolute Gasteiger partial charge is 0.455 e. The molecule has 0 aromatic rings. The number of carbonyl (C=O) groups excluding carboxylic acids is 1. The maximum Gasteiger partial charge on any atom is 0.306 e. The second-order valence-corrected chi connectivity index (χ2v) is 5.43. The fraction of sp³-hybridized carbons (Fsp3) is 0.450. The van der Waals surface area contributed by atoms with Gasteiger partial charge in [0.25, 0.3) is 0 Å². The second-order valence-electron chi connectivity index (χ2n) is 5.43. The van der Waals surface area contributed by atoms with Crippen molar-refractivity contribution < 1.29 is 14.6 Å². The molecule has 0 bridgehead atoms. The van der Waals surface area contributed by atoms with E-state index in [0.29, 0.717) is 12.8 Å². The van der Waals surface area contributed by atoms with Crippen molar-refractivity contribution in [1.29, 1.82) is 0 Å². The van der Waals surface area contributed by atoms with E-state index in [9.17, 15) is 9.90 Å². The molecule has 0 aliphatic carbocycles. The van der Waals surface area contributed by atoms with Gasteiger partial charge >= 0.3 is 5.97 Å². The van der Waals surface area contributed by atoms with Gasteiger partial charge in [0.15, 0.2) is 0 Å². The van der Waals surface area contributed by atoms with E-state index < -0.39 is 12.2 Å². The predicted octanol–water partition coefficient (Wildman–Crippen LogP) is 4.41. The second kappa shape index (κ2) is 12.7. The van der Waals surface area contributed by atoms with Crippen molar-refractivity contribution in [1.82, 2.24) is 0 Å². The molecule has 1 aliphatic heterocycles. The smallest absolute Gasteiger partial charge is 0.306 e. The lowest BCUT2D eigenvalue weighted by Crippen LogP contribution is -2.29. The van der Waals surface area contributed by atoms with Crippen molar-refractivity contribution in [3.63, 3.8) is 0 Å². The molecular formula is C20H28O3. The summed E-state index contributed by atoms with van der Waals surface area (Å²) in [5.74, 6) is -0.249. The summed E-state index contributed by atoms with van der Waals surface area (Å²) in [6.45, 7) is 2.11. The van der Waals surface area contributed by atoms with Crippen LogP contribution in [0.1, 0.15) is 45.4 Å². The zero-order valence-corrected chi connectivity index (χ0v) is 13.9. The van der Waals surface area contributed by atoms with Gasteiger partial charge in [-0.1, -0.05) is 61.6 Å². The summed E-state index contributed by atoms with van der Waals surface area (Å²) >= 11 is 0. The number of hydrogen-bond acceptors (Lipinski definition) is 3. The highest BCUT2D eigenvalue weighted by atomic mass is 16.6. The number of esters is 1. The molecule has 3 heteroatoms. The summed E-state index contributed by atoms with van der Waals surface area (Å²) < 4.78 is 5.34. The van der Waals surface area contributed by atoms with Crippen LogP contribution in [0.2, 0.25) is 0 Å². The number of carbonyl (C=O) groups is 1. The number of aliphatic hydroxyl groups excluding tert-OH is 1. The highest BCUT2D eigenvalue weighted by Gasteiger charge is 2.20. The number of ether oxygens (including phenoxy) is 1. The van der Waals surface area contributed by atoms with E-state index in [-0.39, 0.29) is 5.97 Å². The molecular weight excluding hydrogens is 288 g/mol. The third kappa shape index (κ3) is 9.69. The molecule has 0 spiro atoms. The van der Waals surface area contributed by atoms with Crippen molar-refractivity contribution in [2.75, 3.05) is 0 Å². The van der Waals surface area contributed by atoms with Crippen LogP contribution in [0.25, 0.3) is 0 Å². The van der Waals surface area contributed by atoms with Gasteiger partial charge in [-0.15, -0.1) is 0 Å². The Hall–Kier alpha value is -1.87. The van der Waals surface area contributed by atoms with Crippen LogP contribution in [-0.4, -0.2) is 23.3 Å². The Balaban J connectivity index is 2.49. The standard InChI is InChI=1S/C20H28O3/c1-2-3-4-5-6-7-8-9-13-16-19-18(21)15-12-10-11-14-17-20(22)23-19/h3-4,6-10,12-13,16,18-19,21H,2,5,11,14-15,17H2,1H3/b4-3-,7-6-,9-8+,12-10-,16-13-/t18-,19+/m0/s1. The highest BCUT2D eigenvalue weighted by molar-refractivity contribution is 5.69. The number of aliphatic hydroxyl groups is 1. The number of rotatable bonds is 6. The molecule has 1 N–H and O–H groups in total. The minimum atomic E-state index is -0.701. The molecule has 0 unspecified atom stereocenters. The molecule has 0 fully saturated rings. The van der Waals surface area contributed by atoms with Crippen LogP contribution < -0.4 is 0 Å². The monoisotopic (exact) mass is 316 g/mol. The summed E-state index contributed by atoms with van der Waals surface area (Å²) in [5.41, 5.74) is 0. The average Bonchev–Trinajstić information content (AvgIpc) is 2.54.